The molecule has 1 aliphatic rings. The second-order valence-corrected chi connectivity index (χ2v) is 11.6. The summed E-state index contributed by atoms with van der Waals surface area (Å²) in [5.74, 6) is 1.92. The van der Waals surface area contributed by atoms with Crippen LogP contribution in [0.25, 0.3) is 45.1 Å². The van der Waals surface area contributed by atoms with E-state index in [1.54, 1.807) is 12.1 Å². The second kappa shape index (κ2) is 11.2. The summed E-state index contributed by atoms with van der Waals surface area (Å²) in [5, 5.41) is 3.45. The largest absolute Gasteiger partial charge is 0.464 e. The van der Waals surface area contributed by atoms with E-state index in [0.717, 1.165) is 56.3 Å². The number of nitrogens with zero attached hydrogens (tertiary/aromatic N) is 3. The molecule has 1 atom stereocenters. The summed E-state index contributed by atoms with van der Waals surface area (Å²) < 4.78 is 18.2. The first-order valence-corrected chi connectivity index (χ1v) is 15.5. The minimum absolute atomic E-state index is 0.262. The fourth-order valence-corrected chi connectivity index (χ4v) is 6.01. The summed E-state index contributed by atoms with van der Waals surface area (Å²) >= 11 is 0. The van der Waals surface area contributed by atoms with Gasteiger partial charge in [-0.1, -0.05) is 41.9 Å². The quantitative estimate of drug-likeness (QED) is 0.190. The Bertz CT molecular complexity index is 2340. The van der Waals surface area contributed by atoms with Crippen LogP contribution in [0.15, 0.2) is 142 Å². The van der Waals surface area contributed by atoms with E-state index >= 15 is 0 Å². The lowest BCUT2D eigenvalue weighted by atomic mass is 9.81. The van der Waals surface area contributed by atoms with E-state index in [0.29, 0.717) is 33.8 Å². The maximum absolute atomic E-state index is 6.16. The molecule has 0 amide bonds. The number of hydrogen-bond acceptors (Lipinski definition) is 7. The standard InChI is InChI=1S/C39H24B2N4O3/c40-29-21-33-36(22-30(29)41)48-39(44-33)25-13-19-28(20-14-25)45(26-15-9-23(10-16-26)37-42-31-5-1-3-7-34(31)46-37)27-17-11-24(12-18-27)38-43-32-6-2-4-8-35(32)47-38/h1-22,37,42H. The molecule has 4 radical (unpaired) electrons. The molecule has 1 aliphatic heterocycles. The molecule has 0 saturated heterocycles. The van der Waals surface area contributed by atoms with E-state index in [1.807, 2.05) is 84.9 Å². The molecule has 9 heteroatoms. The second-order valence-electron chi connectivity index (χ2n) is 11.6. The Morgan fingerprint density at radius 2 is 1.12 bits per heavy atom. The van der Waals surface area contributed by atoms with Crippen LogP contribution in [0, 0.1) is 0 Å². The van der Waals surface area contributed by atoms with Gasteiger partial charge in [0.1, 0.15) is 32.5 Å². The number of nitrogens with one attached hydrogen (secondary N) is 1. The zero-order chi connectivity index (χ0) is 32.2. The number of hydrogen-bond donors (Lipinski definition) is 1. The first-order chi connectivity index (χ1) is 23.6. The molecule has 8 aromatic rings. The number of aromatic nitrogens is 2. The van der Waals surface area contributed by atoms with E-state index in [9.17, 15) is 0 Å². The van der Waals surface area contributed by atoms with Crippen molar-refractivity contribution < 1.29 is 13.6 Å². The number of benzene rings is 6. The van der Waals surface area contributed by atoms with Crippen LogP contribution in [-0.2, 0) is 0 Å². The zero-order valence-corrected chi connectivity index (χ0v) is 25.5. The van der Waals surface area contributed by atoms with Gasteiger partial charge < -0.3 is 23.8 Å². The maximum atomic E-state index is 6.16. The number of anilines is 4. The summed E-state index contributed by atoms with van der Waals surface area (Å²) in [6.45, 7) is 0. The Labute approximate surface area is 278 Å². The van der Waals surface area contributed by atoms with Crippen molar-refractivity contribution in [1.82, 2.24) is 9.97 Å². The molecule has 0 bridgehead atoms. The average molecular weight is 618 g/mol. The first-order valence-electron chi connectivity index (χ1n) is 15.5. The molecule has 224 valence electrons. The van der Waals surface area contributed by atoms with Crippen LogP contribution in [0.5, 0.6) is 5.75 Å². The molecular formula is C39H24B2N4O3. The molecule has 7 nitrogen and oxygen atoms in total. The highest BCUT2D eigenvalue weighted by Crippen LogP contribution is 2.40. The van der Waals surface area contributed by atoms with Crippen LogP contribution >= 0.6 is 0 Å². The third-order valence-electron chi connectivity index (χ3n) is 8.50. The van der Waals surface area contributed by atoms with Crippen molar-refractivity contribution in [1.29, 1.82) is 0 Å². The predicted octanol–water partition coefficient (Wildman–Crippen LogP) is 7.86. The SMILES string of the molecule is [B]c1cc2nc(-c3ccc(N(c4ccc(-c5nc6ccccc6o5)cc4)c4ccc(C5Nc6ccccc6O5)cc4)cc3)oc2cc1[B]. The van der Waals surface area contributed by atoms with Gasteiger partial charge in [0.2, 0.25) is 11.8 Å². The Morgan fingerprint density at radius 1 is 0.562 bits per heavy atom. The minimum atomic E-state index is -0.262. The predicted molar refractivity (Wildman–Crippen MR) is 191 cm³/mol. The summed E-state index contributed by atoms with van der Waals surface area (Å²) in [4.78, 5) is 11.5. The van der Waals surface area contributed by atoms with Gasteiger partial charge in [-0.2, -0.15) is 0 Å². The van der Waals surface area contributed by atoms with Crippen molar-refractivity contribution in [3.8, 4) is 28.7 Å². The molecule has 3 heterocycles. The van der Waals surface area contributed by atoms with Gasteiger partial charge in [0.25, 0.3) is 0 Å². The smallest absolute Gasteiger partial charge is 0.227 e. The molecule has 0 fully saturated rings. The highest BCUT2D eigenvalue weighted by atomic mass is 16.5. The van der Waals surface area contributed by atoms with Crippen molar-refractivity contribution in [2.24, 2.45) is 0 Å². The van der Waals surface area contributed by atoms with Crippen molar-refractivity contribution in [3.05, 3.63) is 139 Å². The zero-order valence-electron chi connectivity index (χ0n) is 25.5. The summed E-state index contributed by atoms with van der Waals surface area (Å²) in [7, 11) is 12.0. The Morgan fingerprint density at radius 3 is 1.79 bits per heavy atom. The molecule has 1 unspecified atom stereocenters. The van der Waals surface area contributed by atoms with Crippen LogP contribution in [0.1, 0.15) is 11.8 Å². The topological polar surface area (TPSA) is 76.6 Å². The number of para-hydroxylation sites is 4. The Balaban J connectivity index is 1.06. The monoisotopic (exact) mass is 618 g/mol. The number of rotatable bonds is 6. The molecule has 9 rings (SSSR count). The number of oxazole rings is 2. The van der Waals surface area contributed by atoms with Gasteiger partial charge in [0.15, 0.2) is 17.4 Å². The van der Waals surface area contributed by atoms with Gasteiger partial charge >= 0.3 is 0 Å². The average Bonchev–Trinajstić information content (AvgIpc) is 3.86. The van der Waals surface area contributed by atoms with Crippen molar-refractivity contribution in [3.63, 3.8) is 0 Å². The van der Waals surface area contributed by atoms with Gasteiger partial charge in [-0.3, -0.25) is 0 Å². The van der Waals surface area contributed by atoms with Crippen LogP contribution in [-0.4, -0.2) is 25.7 Å². The van der Waals surface area contributed by atoms with Gasteiger partial charge in [0.05, 0.1) is 5.69 Å². The van der Waals surface area contributed by atoms with Crippen LogP contribution < -0.4 is 25.9 Å². The third kappa shape index (κ3) is 4.97. The van der Waals surface area contributed by atoms with Gasteiger partial charge in [-0.25, -0.2) is 9.97 Å². The fourth-order valence-electron chi connectivity index (χ4n) is 6.01. The molecule has 6 aromatic carbocycles. The van der Waals surface area contributed by atoms with Gasteiger partial charge in [-0.05, 0) is 97.1 Å². The van der Waals surface area contributed by atoms with Crippen LogP contribution in [0.2, 0.25) is 0 Å². The lowest BCUT2D eigenvalue weighted by molar-refractivity contribution is 0.260. The van der Waals surface area contributed by atoms with E-state index < -0.39 is 0 Å². The number of ether oxygens (including phenoxy) is 1. The van der Waals surface area contributed by atoms with Crippen molar-refractivity contribution in [2.45, 2.75) is 6.23 Å². The highest BCUT2D eigenvalue weighted by Gasteiger charge is 2.23. The third-order valence-corrected chi connectivity index (χ3v) is 8.50. The molecular weight excluding hydrogens is 594 g/mol. The molecule has 0 aliphatic carbocycles. The van der Waals surface area contributed by atoms with Gasteiger partial charge in [0, 0.05) is 33.8 Å². The lowest BCUT2D eigenvalue weighted by Crippen LogP contribution is -2.24. The number of fused-ring (bicyclic) bond motifs is 3. The maximum Gasteiger partial charge on any atom is 0.227 e. The summed E-state index contributed by atoms with van der Waals surface area (Å²) in [5.41, 5.74) is 10.4. The van der Waals surface area contributed by atoms with E-state index in [4.69, 9.17) is 29.3 Å². The van der Waals surface area contributed by atoms with E-state index in [-0.39, 0.29) is 6.23 Å². The summed E-state index contributed by atoms with van der Waals surface area (Å²) in [6, 6.07) is 43.8. The van der Waals surface area contributed by atoms with Crippen molar-refractivity contribution in [2.75, 3.05) is 10.2 Å². The van der Waals surface area contributed by atoms with Crippen molar-refractivity contribution >= 4 is 71.6 Å². The summed E-state index contributed by atoms with van der Waals surface area (Å²) in [6.07, 6.45) is -0.262. The molecule has 48 heavy (non-hydrogen) atoms. The minimum Gasteiger partial charge on any atom is -0.464 e. The van der Waals surface area contributed by atoms with Crippen LogP contribution in [0.3, 0.4) is 0 Å². The Kier molecular flexibility index (Phi) is 6.57. The highest BCUT2D eigenvalue weighted by molar-refractivity contribution is 6.49. The lowest BCUT2D eigenvalue weighted by Gasteiger charge is -2.26. The van der Waals surface area contributed by atoms with E-state index in [2.05, 4.69) is 56.6 Å². The Hall–Kier alpha value is -6.21. The molecule has 2 aromatic heterocycles. The molecule has 1 N–H and O–H groups in total. The molecule has 0 spiro atoms. The first kappa shape index (κ1) is 28.0. The van der Waals surface area contributed by atoms with Gasteiger partial charge in [-0.15, -0.1) is 5.46 Å². The fraction of sp³-hybridized carbons (Fsp3) is 0.0256. The van der Waals surface area contributed by atoms with E-state index in [1.165, 1.54) is 0 Å². The normalized spacial score (nSPS) is 13.7. The van der Waals surface area contributed by atoms with Crippen LogP contribution in [0.4, 0.5) is 22.7 Å². The molecule has 0 saturated carbocycles.